The molecule has 0 unspecified atom stereocenters. The molecule has 0 saturated heterocycles. The lowest BCUT2D eigenvalue weighted by Crippen LogP contribution is -2.27. The minimum absolute atomic E-state index is 0.0410. The van der Waals surface area contributed by atoms with E-state index in [1.165, 1.54) is 19.2 Å². The summed E-state index contributed by atoms with van der Waals surface area (Å²) in [5.41, 5.74) is 0.286. The van der Waals surface area contributed by atoms with Crippen LogP contribution in [0.2, 0.25) is 5.28 Å². The Balaban J connectivity index is 2.26. The van der Waals surface area contributed by atoms with E-state index in [2.05, 4.69) is 9.97 Å². The van der Waals surface area contributed by atoms with Gasteiger partial charge in [-0.3, -0.25) is 0 Å². The fourth-order valence-electron chi connectivity index (χ4n) is 1.57. The topological polar surface area (TPSA) is 63.2 Å². The molecule has 0 spiro atoms. The van der Waals surface area contributed by atoms with Crippen LogP contribution in [-0.4, -0.2) is 29.7 Å². The maximum atomic E-state index is 13.5. The SMILES string of the molecule is CN(Cc1ccccc1F)S(=O)(=O)c1cnc(Cl)nc1. The summed E-state index contributed by atoms with van der Waals surface area (Å²) in [6.07, 6.45) is 2.23. The van der Waals surface area contributed by atoms with Crippen molar-refractivity contribution in [2.75, 3.05) is 7.05 Å². The molecule has 8 heteroatoms. The lowest BCUT2D eigenvalue weighted by atomic mass is 10.2. The highest BCUT2D eigenvalue weighted by Crippen LogP contribution is 2.17. The average Bonchev–Trinajstić information content (AvgIpc) is 2.41. The molecule has 0 radical (unpaired) electrons. The summed E-state index contributed by atoms with van der Waals surface area (Å²) in [6.45, 7) is -0.0857. The van der Waals surface area contributed by atoms with Crippen molar-refractivity contribution in [3.05, 3.63) is 53.3 Å². The van der Waals surface area contributed by atoms with E-state index in [1.54, 1.807) is 12.1 Å². The van der Waals surface area contributed by atoms with E-state index in [0.29, 0.717) is 0 Å². The Kier molecular flexibility index (Phi) is 4.32. The molecule has 2 aromatic rings. The first-order chi connectivity index (χ1) is 9.41. The van der Waals surface area contributed by atoms with E-state index in [9.17, 15) is 12.8 Å². The van der Waals surface area contributed by atoms with E-state index in [-0.39, 0.29) is 22.3 Å². The van der Waals surface area contributed by atoms with Gasteiger partial charge < -0.3 is 0 Å². The Labute approximate surface area is 121 Å². The fourth-order valence-corrected chi connectivity index (χ4v) is 2.70. The van der Waals surface area contributed by atoms with Crippen molar-refractivity contribution in [3.63, 3.8) is 0 Å². The number of hydrogen-bond acceptors (Lipinski definition) is 4. The van der Waals surface area contributed by atoms with Crippen molar-refractivity contribution in [3.8, 4) is 0 Å². The van der Waals surface area contributed by atoms with Crippen molar-refractivity contribution >= 4 is 21.6 Å². The number of aromatic nitrogens is 2. The largest absolute Gasteiger partial charge is 0.246 e. The van der Waals surface area contributed by atoms with Gasteiger partial charge in [-0.05, 0) is 17.7 Å². The zero-order chi connectivity index (χ0) is 14.8. The zero-order valence-electron chi connectivity index (χ0n) is 10.5. The van der Waals surface area contributed by atoms with E-state index in [1.807, 2.05) is 0 Å². The van der Waals surface area contributed by atoms with Crippen LogP contribution in [0.3, 0.4) is 0 Å². The van der Waals surface area contributed by atoms with Gasteiger partial charge >= 0.3 is 0 Å². The molecule has 20 heavy (non-hydrogen) atoms. The lowest BCUT2D eigenvalue weighted by Gasteiger charge is -2.17. The second-order valence-corrected chi connectivity index (χ2v) is 6.42. The van der Waals surface area contributed by atoms with Gasteiger partial charge in [-0.15, -0.1) is 0 Å². The summed E-state index contributed by atoms with van der Waals surface area (Å²) in [7, 11) is -2.43. The molecule has 2 rings (SSSR count). The molecule has 1 aromatic heterocycles. The van der Waals surface area contributed by atoms with Crippen LogP contribution in [0.4, 0.5) is 4.39 Å². The molecule has 0 fully saturated rings. The van der Waals surface area contributed by atoms with Crippen LogP contribution in [0, 0.1) is 5.82 Å². The van der Waals surface area contributed by atoms with Crippen LogP contribution >= 0.6 is 11.6 Å². The van der Waals surface area contributed by atoms with Gasteiger partial charge in [0.1, 0.15) is 10.7 Å². The highest BCUT2D eigenvalue weighted by Gasteiger charge is 2.22. The predicted molar refractivity (Wildman–Crippen MR) is 72.1 cm³/mol. The average molecular weight is 316 g/mol. The number of hydrogen-bond donors (Lipinski definition) is 0. The Hall–Kier alpha value is -1.57. The van der Waals surface area contributed by atoms with Crippen LogP contribution in [0.5, 0.6) is 0 Å². The summed E-state index contributed by atoms with van der Waals surface area (Å²) in [5.74, 6) is -0.457. The maximum absolute atomic E-state index is 13.5. The van der Waals surface area contributed by atoms with Crippen molar-refractivity contribution in [1.29, 1.82) is 0 Å². The van der Waals surface area contributed by atoms with Crippen molar-refractivity contribution in [2.24, 2.45) is 0 Å². The molecule has 0 aliphatic carbocycles. The summed E-state index contributed by atoms with van der Waals surface area (Å²) in [4.78, 5) is 7.16. The lowest BCUT2D eigenvalue weighted by molar-refractivity contribution is 0.456. The molecule has 0 bridgehead atoms. The number of benzene rings is 1. The van der Waals surface area contributed by atoms with Gasteiger partial charge in [0.2, 0.25) is 15.3 Å². The van der Waals surface area contributed by atoms with Gasteiger partial charge in [-0.2, -0.15) is 4.31 Å². The van der Waals surface area contributed by atoms with Gasteiger partial charge in [0.25, 0.3) is 0 Å². The van der Waals surface area contributed by atoms with Gasteiger partial charge in [-0.1, -0.05) is 18.2 Å². The monoisotopic (exact) mass is 315 g/mol. The molecule has 0 N–H and O–H groups in total. The van der Waals surface area contributed by atoms with Gasteiger partial charge in [-0.25, -0.2) is 22.8 Å². The Bertz CT molecular complexity index is 707. The predicted octanol–water partition coefficient (Wildman–Crippen LogP) is 2.09. The summed E-state index contributed by atoms with van der Waals surface area (Å²) in [5, 5.41) is -0.0410. The normalized spacial score (nSPS) is 11.8. The first-order valence-electron chi connectivity index (χ1n) is 5.58. The summed E-state index contributed by atoms with van der Waals surface area (Å²) in [6, 6.07) is 5.99. The van der Waals surface area contributed by atoms with Crippen LogP contribution in [0.1, 0.15) is 5.56 Å². The first kappa shape index (κ1) is 14.8. The fraction of sp³-hybridized carbons (Fsp3) is 0.167. The molecule has 0 atom stereocenters. The third-order valence-electron chi connectivity index (χ3n) is 2.66. The van der Waals surface area contributed by atoms with Crippen molar-refractivity contribution in [2.45, 2.75) is 11.4 Å². The second-order valence-electron chi connectivity index (χ2n) is 4.04. The Morgan fingerprint density at radius 3 is 2.45 bits per heavy atom. The van der Waals surface area contributed by atoms with E-state index in [4.69, 9.17) is 11.6 Å². The summed E-state index contributed by atoms with van der Waals surface area (Å²) >= 11 is 5.51. The van der Waals surface area contributed by atoms with E-state index in [0.717, 1.165) is 16.7 Å². The van der Waals surface area contributed by atoms with E-state index >= 15 is 0 Å². The molecular weight excluding hydrogens is 305 g/mol. The summed E-state index contributed by atoms with van der Waals surface area (Å²) < 4.78 is 39.0. The minimum atomic E-state index is -3.79. The van der Waals surface area contributed by atoms with Gasteiger partial charge in [0.05, 0.1) is 12.4 Å². The third-order valence-corrected chi connectivity index (χ3v) is 4.61. The molecule has 0 aliphatic heterocycles. The molecule has 5 nitrogen and oxygen atoms in total. The van der Waals surface area contributed by atoms with Crippen LogP contribution < -0.4 is 0 Å². The maximum Gasteiger partial charge on any atom is 0.246 e. The molecule has 0 saturated carbocycles. The molecule has 106 valence electrons. The minimum Gasteiger partial charge on any atom is -0.225 e. The van der Waals surface area contributed by atoms with E-state index < -0.39 is 15.8 Å². The number of nitrogens with zero attached hydrogens (tertiary/aromatic N) is 3. The molecular formula is C12H11ClFN3O2S. The van der Waals surface area contributed by atoms with Crippen molar-refractivity contribution < 1.29 is 12.8 Å². The number of halogens is 2. The first-order valence-corrected chi connectivity index (χ1v) is 7.40. The van der Waals surface area contributed by atoms with Crippen LogP contribution in [0.15, 0.2) is 41.6 Å². The molecule has 0 aliphatic rings. The third kappa shape index (κ3) is 3.12. The quantitative estimate of drug-likeness (QED) is 0.810. The Morgan fingerprint density at radius 1 is 1.25 bits per heavy atom. The smallest absolute Gasteiger partial charge is 0.225 e. The Morgan fingerprint density at radius 2 is 1.85 bits per heavy atom. The van der Waals surface area contributed by atoms with Crippen LogP contribution in [-0.2, 0) is 16.6 Å². The zero-order valence-corrected chi connectivity index (χ0v) is 12.1. The number of sulfonamides is 1. The molecule has 1 heterocycles. The van der Waals surface area contributed by atoms with Crippen molar-refractivity contribution in [1.82, 2.24) is 14.3 Å². The highest BCUT2D eigenvalue weighted by molar-refractivity contribution is 7.89. The molecule has 0 amide bonds. The van der Waals surface area contributed by atoms with Gasteiger partial charge in [0.15, 0.2) is 0 Å². The van der Waals surface area contributed by atoms with Crippen LogP contribution in [0.25, 0.3) is 0 Å². The van der Waals surface area contributed by atoms with Gasteiger partial charge in [0, 0.05) is 19.2 Å². The number of rotatable bonds is 4. The standard InChI is InChI=1S/C12H11ClFN3O2S/c1-17(8-9-4-2-3-5-11(9)14)20(18,19)10-6-15-12(13)16-7-10/h2-7H,8H2,1H3. The molecule has 1 aromatic carbocycles. The second kappa shape index (κ2) is 5.82. The highest BCUT2D eigenvalue weighted by atomic mass is 35.5.